The maximum absolute atomic E-state index is 11.4. The molecule has 0 aliphatic heterocycles. The second kappa shape index (κ2) is 6.16. The minimum atomic E-state index is -1.04. The van der Waals surface area contributed by atoms with Crippen LogP contribution in [0.4, 0.5) is 0 Å². The number of carbonyl (C=O) groups excluding carboxylic acids is 1. The van der Waals surface area contributed by atoms with Crippen molar-refractivity contribution in [2.24, 2.45) is 11.0 Å². The third kappa shape index (κ3) is 4.10. The number of aliphatic carboxylic acids is 1. The van der Waals surface area contributed by atoms with E-state index < -0.39 is 12.0 Å². The Kier molecular flexibility index (Phi) is 5.59. The molecular weight excluding hydrogens is 196 g/mol. The summed E-state index contributed by atoms with van der Waals surface area (Å²) in [5.41, 5.74) is 0. The molecule has 5 nitrogen and oxygen atoms in total. The average Bonchev–Trinajstić information content (AvgIpc) is 2.16. The zero-order valence-electron chi connectivity index (χ0n) is 9.43. The molecule has 0 rings (SSSR count). The lowest BCUT2D eigenvalue weighted by atomic mass is 10.0. The first-order valence-electron chi connectivity index (χ1n) is 4.95. The molecule has 0 saturated carbocycles. The van der Waals surface area contributed by atoms with Crippen LogP contribution >= 0.6 is 0 Å². The molecule has 0 spiro atoms. The van der Waals surface area contributed by atoms with Gasteiger partial charge in [0.25, 0.3) is 0 Å². The topological polar surface area (TPSA) is 70.0 Å². The molecule has 1 atom stereocenters. The van der Waals surface area contributed by atoms with Crippen molar-refractivity contribution in [3.8, 4) is 0 Å². The van der Waals surface area contributed by atoms with Gasteiger partial charge in [0.15, 0.2) is 6.04 Å². The van der Waals surface area contributed by atoms with Gasteiger partial charge < -0.3 is 5.11 Å². The summed E-state index contributed by atoms with van der Waals surface area (Å²) in [5.74, 6) is -1.18. The normalized spacial score (nSPS) is 12.3. The van der Waals surface area contributed by atoms with E-state index in [1.54, 1.807) is 6.92 Å². The maximum atomic E-state index is 11.4. The Hall–Kier alpha value is -1.39. The second-order valence-electron chi connectivity index (χ2n) is 3.72. The molecule has 1 amide bonds. The van der Waals surface area contributed by atoms with Crippen LogP contribution in [0.3, 0.4) is 0 Å². The highest BCUT2D eigenvalue weighted by atomic mass is 16.4. The van der Waals surface area contributed by atoms with Gasteiger partial charge in [0.2, 0.25) is 5.91 Å². The van der Waals surface area contributed by atoms with Crippen LogP contribution in [0.5, 0.6) is 0 Å². The maximum Gasteiger partial charge on any atom is 0.328 e. The molecule has 0 radical (unpaired) electrons. The summed E-state index contributed by atoms with van der Waals surface area (Å²) in [5, 5.41) is 13.4. The standard InChI is InChI=1S/C10H18N2O3/c1-5-9(13)12(11-4)8(10(14)15)6-7(2)3/h7-8H,4-6H2,1-3H3,(H,14,15)/t8-/m0/s1. The smallest absolute Gasteiger partial charge is 0.328 e. The van der Waals surface area contributed by atoms with Crippen molar-refractivity contribution in [3.05, 3.63) is 0 Å². The number of carboxylic acid groups (broad SMARTS) is 1. The van der Waals surface area contributed by atoms with Crippen LogP contribution in [-0.2, 0) is 9.59 Å². The van der Waals surface area contributed by atoms with E-state index >= 15 is 0 Å². The van der Waals surface area contributed by atoms with Crippen LogP contribution in [0.15, 0.2) is 5.10 Å². The van der Waals surface area contributed by atoms with Gasteiger partial charge in [0.1, 0.15) is 0 Å². The minimum absolute atomic E-state index is 0.181. The number of hydrazone groups is 1. The number of rotatable bonds is 6. The first kappa shape index (κ1) is 13.6. The fourth-order valence-electron chi connectivity index (χ4n) is 1.27. The number of carboxylic acids is 1. The molecule has 0 aromatic rings. The molecule has 0 saturated heterocycles. The fraction of sp³-hybridized carbons (Fsp3) is 0.700. The molecule has 86 valence electrons. The van der Waals surface area contributed by atoms with Gasteiger partial charge in [-0.15, -0.1) is 0 Å². The van der Waals surface area contributed by atoms with Gasteiger partial charge in [0.05, 0.1) is 0 Å². The van der Waals surface area contributed by atoms with Crippen molar-refractivity contribution in [1.29, 1.82) is 0 Å². The Morgan fingerprint density at radius 3 is 2.27 bits per heavy atom. The van der Waals surface area contributed by atoms with Gasteiger partial charge in [-0.3, -0.25) is 4.79 Å². The van der Waals surface area contributed by atoms with E-state index in [-0.39, 0.29) is 18.2 Å². The quantitative estimate of drug-likeness (QED) is 0.535. The third-order valence-electron chi connectivity index (χ3n) is 1.99. The van der Waals surface area contributed by atoms with Crippen LogP contribution in [0, 0.1) is 5.92 Å². The van der Waals surface area contributed by atoms with Gasteiger partial charge >= 0.3 is 5.97 Å². The van der Waals surface area contributed by atoms with Crippen molar-refractivity contribution < 1.29 is 14.7 Å². The van der Waals surface area contributed by atoms with E-state index in [9.17, 15) is 9.59 Å². The van der Waals surface area contributed by atoms with E-state index in [4.69, 9.17) is 5.11 Å². The lowest BCUT2D eigenvalue weighted by Crippen LogP contribution is -2.42. The van der Waals surface area contributed by atoms with E-state index in [1.165, 1.54) is 0 Å². The highest BCUT2D eigenvalue weighted by Gasteiger charge is 2.28. The lowest BCUT2D eigenvalue weighted by molar-refractivity contribution is -0.150. The minimum Gasteiger partial charge on any atom is -0.480 e. The molecular formula is C10H18N2O3. The Morgan fingerprint density at radius 2 is 2.00 bits per heavy atom. The number of amides is 1. The number of carbonyl (C=O) groups is 2. The predicted octanol–water partition coefficient (Wildman–Crippen LogP) is 1.34. The molecule has 0 aliphatic rings. The number of hydrogen-bond donors (Lipinski definition) is 1. The molecule has 0 aromatic carbocycles. The summed E-state index contributed by atoms with van der Waals surface area (Å²) in [6.45, 7) is 8.69. The Labute approximate surface area is 89.8 Å². The summed E-state index contributed by atoms with van der Waals surface area (Å²) < 4.78 is 0. The summed E-state index contributed by atoms with van der Waals surface area (Å²) in [6, 6.07) is -0.907. The van der Waals surface area contributed by atoms with Gasteiger partial charge in [-0.2, -0.15) is 5.10 Å². The van der Waals surface area contributed by atoms with E-state index in [0.717, 1.165) is 5.01 Å². The van der Waals surface area contributed by atoms with Gasteiger partial charge in [0, 0.05) is 13.1 Å². The van der Waals surface area contributed by atoms with Crippen LogP contribution in [0.25, 0.3) is 0 Å². The molecule has 1 N–H and O–H groups in total. The second-order valence-corrected chi connectivity index (χ2v) is 3.72. The first-order chi connectivity index (χ1) is 6.93. The van der Waals surface area contributed by atoms with Crippen molar-refractivity contribution in [3.63, 3.8) is 0 Å². The molecule has 0 aliphatic carbocycles. The first-order valence-corrected chi connectivity index (χ1v) is 4.95. The molecule has 0 fully saturated rings. The Bertz CT molecular complexity index is 251. The van der Waals surface area contributed by atoms with E-state index in [2.05, 4.69) is 11.8 Å². The Balaban J connectivity index is 4.77. The predicted molar refractivity (Wildman–Crippen MR) is 57.6 cm³/mol. The monoisotopic (exact) mass is 214 g/mol. The van der Waals surface area contributed by atoms with Crippen LogP contribution < -0.4 is 0 Å². The van der Waals surface area contributed by atoms with Gasteiger partial charge in [-0.05, 0) is 12.3 Å². The summed E-state index contributed by atoms with van der Waals surface area (Å²) in [4.78, 5) is 22.4. The van der Waals surface area contributed by atoms with Crippen LogP contribution in [-0.4, -0.2) is 34.8 Å². The largest absolute Gasteiger partial charge is 0.480 e. The number of hydrogen-bond acceptors (Lipinski definition) is 3. The summed E-state index contributed by atoms with van der Waals surface area (Å²) in [6.07, 6.45) is 0.598. The SMILES string of the molecule is C=NN(C(=O)CC)[C@@H](CC(C)C)C(=O)O. The fourth-order valence-corrected chi connectivity index (χ4v) is 1.27. The van der Waals surface area contributed by atoms with Gasteiger partial charge in [-0.1, -0.05) is 20.8 Å². The van der Waals surface area contributed by atoms with Crippen molar-refractivity contribution >= 4 is 18.6 Å². The lowest BCUT2D eigenvalue weighted by Gasteiger charge is -2.24. The molecule has 0 aromatic heterocycles. The molecule has 0 bridgehead atoms. The zero-order valence-corrected chi connectivity index (χ0v) is 9.43. The van der Waals surface area contributed by atoms with E-state index in [0.29, 0.717) is 6.42 Å². The average molecular weight is 214 g/mol. The van der Waals surface area contributed by atoms with Crippen LogP contribution in [0.2, 0.25) is 0 Å². The van der Waals surface area contributed by atoms with Gasteiger partial charge in [-0.25, -0.2) is 9.80 Å². The van der Waals surface area contributed by atoms with Crippen molar-refractivity contribution in [2.45, 2.75) is 39.7 Å². The molecule has 5 heteroatoms. The van der Waals surface area contributed by atoms with Crippen molar-refractivity contribution in [1.82, 2.24) is 5.01 Å². The Morgan fingerprint density at radius 1 is 1.47 bits per heavy atom. The molecule has 15 heavy (non-hydrogen) atoms. The van der Waals surface area contributed by atoms with E-state index in [1.807, 2.05) is 13.8 Å². The zero-order chi connectivity index (χ0) is 12.0. The highest BCUT2D eigenvalue weighted by Crippen LogP contribution is 2.13. The van der Waals surface area contributed by atoms with Crippen molar-refractivity contribution in [2.75, 3.05) is 0 Å². The number of nitrogens with zero attached hydrogens (tertiary/aromatic N) is 2. The molecule has 0 heterocycles. The summed E-state index contributed by atoms with van der Waals surface area (Å²) >= 11 is 0. The highest BCUT2D eigenvalue weighted by molar-refractivity contribution is 5.83. The summed E-state index contributed by atoms with van der Waals surface area (Å²) in [7, 11) is 0. The van der Waals surface area contributed by atoms with Crippen LogP contribution in [0.1, 0.15) is 33.6 Å². The third-order valence-corrected chi connectivity index (χ3v) is 1.99. The molecule has 0 unspecified atom stereocenters.